The quantitative estimate of drug-likeness (QED) is 0.182. The highest BCUT2D eigenvalue weighted by atomic mass is 35.5. The van der Waals surface area contributed by atoms with E-state index in [-0.39, 0.29) is 23.1 Å². The Kier molecular flexibility index (Phi) is 8.47. The van der Waals surface area contributed by atoms with E-state index in [1.165, 1.54) is 29.4 Å². The smallest absolute Gasteiger partial charge is 0.461 e. The van der Waals surface area contributed by atoms with Crippen molar-refractivity contribution in [3.8, 4) is 17.2 Å². The summed E-state index contributed by atoms with van der Waals surface area (Å²) >= 11 is 6.40. The van der Waals surface area contributed by atoms with E-state index >= 15 is 0 Å². The number of aromatic nitrogens is 3. The van der Waals surface area contributed by atoms with Crippen LogP contribution in [0.2, 0.25) is 5.02 Å². The van der Waals surface area contributed by atoms with Gasteiger partial charge in [-0.1, -0.05) is 17.7 Å². The van der Waals surface area contributed by atoms with Crippen molar-refractivity contribution in [1.29, 1.82) is 0 Å². The summed E-state index contributed by atoms with van der Waals surface area (Å²) in [5.41, 5.74) is 1.25. The molecule has 0 fully saturated rings. The van der Waals surface area contributed by atoms with Gasteiger partial charge in [0.05, 0.1) is 10.5 Å². The summed E-state index contributed by atoms with van der Waals surface area (Å²) in [6.45, 7) is 6.05. The van der Waals surface area contributed by atoms with Gasteiger partial charge in [-0.3, -0.25) is 0 Å². The van der Waals surface area contributed by atoms with Gasteiger partial charge >= 0.3 is 18.6 Å². The number of amides is 1. The largest absolute Gasteiger partial charge is 0.465 e. The molecule has 2 aromatic carbocycles. The predicted molar refractivity (Wildman–Crippen MR) is 145 cm³/mol. The Balaban J connectivity index is 1.51. The topological polar surface area (TPSA) is 102 Å². The first-order valence-corrected chi connectivity index (χ1v) is 12.6. The van der Waals surface area contributed by atoms with Crippen molar-refractivity contribution in [3.05, 3.63) is 66.1 Å². The van der Waals surface area contributed by atoms with E-state index in [1.807, 2.05) is 25.3 Å². The predicted octanol–water partition coefficient (Wildman–Crippen LogP) is 7.64. The number of ether oxygens (including phenoxy) is 2. The van der Waals surface area contributed by atoms with E-state index in [4.69, 9.17) is 16.3 Å². The average Bonchev–Trinajstić information content (AvgIpc) is 3.29. The number of alkyl halides is 4. The van der Waals surface area contributed by atoms with Crippen molar-refractivity contribution in [2.45, 2.75) is 45.4 Å². The molecule has 2 aromatic heterocycles. The highest BCUT2D eigenvalue weighted by Gasteiger charge is 2.44. The number of nitrogens with one attached hydrogen (secondary N) is 1. The van der Waals surface area contributed by atoms with E-state index in [1.54, 1.807) is 24.4 Å². The second kappa shape index (κ2) is 11.7. The summed E-state index contributed by atoms with van der Waals surface area (Å²) in [5, 5.41) is 12.9. The lowest BCUT2D eigenvalue weighted by molar-refractivity contribution is -0.253. The normalized spacial score (nSPS) is 12.0. The molecule has 0 unspecified atom stereocenters. The summed E-state index contributed by atoms with van der Waals surface area (Å²) in [7, 11) is 0. The van der Waals surface area contributed by atoms with Crippen molar-refractivity contribution in [2.75, 3.05) is 11.9 Å². The van der Waals surface area contributed by atoms with Crippen molar-refractivity contribution >= 4 is 40.2 Å². The highest BCUT2D eigenvalue weighted by molar-refractivity contribution is 6.32. The summed E-state index contributed by atoms with van der Waals surface area (Å²) in [6.07, 6.45) is -6.49. The summed E-state index contributed by atoms with van der Waals surface area (Å²) < 4.78 is 63.1. The lowest BCUT2D eigenvalue weighted by Crippen LogP contribution is -2.46. The minimum absolute atomic E-state index is 0.0381. The molecule has 2 N–H and O–H groups in total. The van der Waals surface area contributed by atoms with Crippen LogP contribution >= 0.6 is 11.6 Å². The number of halogens is 5. The zero-order chi connectivity index (χ0) is 29.9. The molecule has 0 aliphatic carbocycles. The lowest BCUT2D eigenvalue weighted by Gasteiger charge is -2.33. The maximum Gasteiger partial charge on any atom is 0.461 e. The molecule has 0 spiro atoms. The first-order chi connectivity index (χ1) is 19.2. The van der Waals surface area contributed by atoms with Gasteiger partial charge in [-0.05, 0) is 57.2 Å². The fourth-order valence-corrected chi connectivity index (χ4v) is 4.18. The number of hydrogen-bond acceptors (Lipinski definition) is 6. The minimum atomic E-state index is -4.65. The molecule has 14 heteroatoms. The van der Waals surface area contributed by atoms with Gasteiger partial charge in [-0.15, -0.1) is 0 Å². The summed E-state index contributed by atoms with van der Waals surface area (Å²) in [5.74, 6) is 0.150. The third-order valence-corrected chi connectivity index (χ3v) is 6.19. The molecular weight excluding hydrogens is 570 g/mol. The molecular formula is C27H26ClF4N5O4. The number of anilines is 2. The molecule has 1 amide bonds. The highest BCUT2D eigenvalue weighted by Crippen LogP contribution is 2.35. The first kappa shape index (κ1) is 29.7. The number of hydrogen-bond donors (Lipinski definition) is 2. The van der Waals surface area contributed by atoms with Crippen molar-refractivity contribution in [1.82, 2.24) is 19.4 Å². The Bertz CT molecular complexity index is 1540. The molecule has 0 atom stereocenters. The fourth-order valence-electron chi connectivity index (χ4n) is 3.96. The number of nitrogens with zero attached hydrogens (tertiary/aromatic N) is 4. The van der Waals surface area contributed by atoms with Crippen LogP contribution in [0.1, 0.15) is 20.8 Å². The molecule has 218 valence electrons. The van der Waals surface area contributed by atoms with Gasteiger partial charge in [0.2, 0.25) is 0 Å². The Hall–Kier alpha value is -4.26. The number of benzene rings is 2. The molecule has 2 heterocycles. The second-order valence-electron chi connectivity index (χ2n) is 9.88. The third-order valence-electron chi connectivity index (χ3n) is 5.89. The van der Waals surface area contributed by atoms with Crippen LogP contribution in [-0.4, -0.2) is 55.3 Å². The minimum Gasteiger partial charge on any atom is -0.465 e. The van der Waals surface area contributed by atoms with Gasteiger partial charge < -0.3 is 29.4 Å². The zero-order valence-corrected chi connectivity index (χ0v) is 22.9. The van der Waals surface area contributed by atoms with Gasteiger partial charge in [0, 0.05) is 36.6 Å². The van der Waals surface area contributed by atoms with E-state index in [9.17, 15) is 27.5 Å². The van der Waals surface area contributed by atoms with E-state index in [2.05, 4.69) is 20.0 Å². The van der Waals surface area contributed by atoms with E-state index < -0.39 is 29.9 Å². The second-order valence-corrected chi connectivity index (χ2v) is 10.3. The van der Waals surface area contributed by atoms with Crippen LogP contribution in [0.15, 0.2) is 61.1 Å². The van der Waals surface area contributed by atoms with Crippen LogP contribution in [0.5, 0.6) is 17.2 Å². The van der Waals surface area contributed by atoms with Crippen LogP contribution in [-0.2, 0) is 6.54 Å². The summed E-state index contributed by atoms with van der Waals surface area (Å²) in [6, 6.07) is 11.4. The monoisotopic (exact) mass is 595 g/mol. The maximum absolute atomic E-state index is 13.3. The molecule has 0 saturated heterocycles. The molecule has 4 rings (SSSR count). The fraction of sp³-hybridized carbons (Fsp3) is 0.296. The van der Waals surface area contributed by atoms with E-state index in [0.29, 0.717) is 29.1 Å². The van der Waals surface area contributed by atoms with Crippen molar-refractivity contribution in [3.63, 3.8) is 0 Å². The van der Waals surface area contributed by atoms with E-state index in [0.717, 1.165) is 12.1 Å². The molecule has 0 aliphatic rings. The molecule has 0 radical (unpaired) electrons. The van der Waals surface area contributed by atoms with Crippen LogP contribution in [0.3, 0.4) is 0 Å². The third kappa shape index (κ3) is 7.09. The Morgan fingerprint density at radius 3 is 2.51 bits per heavy atom. The van der Waals surface area contributed by atoms with Gasteiger partial charge in [0.25, 0.3) is 0 Å². The van der Waals surface area contributed by atoms with Gasteiger partial charge in [-0.25, -0.2) is 14.8 Å². The van der Waals surface area contributed by atoms with Gasteiger partial charge in [0.15, 0.2) is 5.82 Å². The number of rotatable bonds is 10. The molecule has 0 bridgehead atoms. The molecule has 0 saturated carbocycles. The van der Waals surface area contributed by atoms with Gasteiger partial charge in [0.1, 0.15) is 29.1 Å². The van der Waals surface area contributed by atoms with Crippen molar-refractivity contribution < 1.29 is 36.9 Å². The van der Waals surface area contributed by atoms with Crippen LogP contribution < -0.4 is 14.8 Å². The number of fused-ring (bicyclic) bond motifs is 1. The number of carboxylic acid groups (broad SMARTS) is 1. The maximum atomic E-state index is 13.3. The Morgan fingerprint density at radius 1 is 1.12 bits per heavy atom. The average molecular weight is 596 g/mol. The van der Waals surface area contributed by atoms with Crippen LogP contribution in [0.25, 0.3) is 11.0 Å². The lowest BCUT2D eigenvalue weighted by atomic mass is 10.1. The zero-order valence-electron chi connectivity index (χ0n) is 22.1. The molecule has 9 nitrogen and oxygen atoms in total. The standard InChI is InChI=1S/C27H26ClF4N5O4/c1-26(2,3)37(25(38)39)12-11-36-10-9-20-22(36)23(34-15-33-20)35-16-7-8-21(19(28)13-16)40-17-5-4-6-18(14-17)41-27(31,32)24(29)30/h4-10,13-15,24H,11-12H2,1-3H3,(H,38,39)(H,33,34,35). The molecule has 4 aromatic rings. The van der Waals surface area contributed by atoms with Crippen LogP contribution in [0, 0.1) is 0 Å². The SMILES string of the molecule is CC(C)(C)N(CCn1ccc2ncnc(Nc3ccc(Oc4cccc(OC(F)(F)C(F)F)c4)c(Cl)c3)c21)C(=O)O. The van der Waals surface area contributed by atoms with Crippen LogP contribution in [0.4, 0.5) is 33.9 Å². The summed E-state index contributed by atoms with van der Waals surface area (Å²) in [4.78, 5) is 21.7. The Morgan fingerprint density at radius 2 is 1.85 bits per heavy atom. The number of carbonyl (C=O) groups is 1. The molecule has 41 heavy (non-hydrogen) atoms. The Labute approximate surface area is 237 Å². The molecule has 0 aliphatic heterocycles. The first-order valence-electron chi connectivity index (χ1n) is 12.2. The van der Waals surface area contributed by atoms with Gasteiger partial charge in [-0.2, -0.15) is 17.6 Å². The van der Waals surface area contributed by atoms with Crippen molar-refractivity contribution in [2.24, 2.45) is 0 Å².